The summed E-state index contributed by atoms with van der Waals surface area (Å²) >= 11 is 7.80. The number of aliphatic hydroxyl groups excluding tert-OH is 1. The van der Waals surface area contributed by atoms with Gasteiger partial charge in [0.15, 0.2) is 27.3 Å². The summed E-state index contributed by atoms with van der Waals surface area (Å²) < 4.78 is 13.5. The van der Waals surface area contributed by atoms with Gasteiger partial charge < -0.3 is 14.6 Å². The van der Waals surface area contributed by atoms with Crippen molar-refractivity contribution >= 4 is 34.5 Å². The third kappa shape index (κ3) is 3.02. The number of rotatable bonds is 4. The largest absolute Gasteiger partial charge is 0.390 e. The van der Waals surface area contributed by atoms with Crippen LogP contribution in [0.15, 0.2) is 5.16 Å². The number of hydrogen-bond acceptors (Lipinski definition) is 8. The molecule has 3 heterocycles. The van der Waals surface area contributed by atoms with E-state index in [9.17, 15) is 5.11 Å². The molecule has 0 aromatic carbocycles. The average molecular weight is 386 g/mol. The molecule has 136 valence electrons. The molecule has 2 aliphatic rings. The highest BCUT2D eigenvalue weighted by atomic mass is 35.5. The number of aliphatic hydroxyl groups is 1. The Morgan fingerprint density at radius 1 is 1.32 bits per heavy atom. The summed E-state index contributed by atoms with van der Waals surface area (Å²) in [5, 5.41) is 19.6. The Labute approximate surface area is 154 Å². The zero-order valence-electron chi connectivity index (χ0n) is 14.2. The van der Waals surface area contributed by atoms with Crippen LogP contribution in [0.25, 0.3) is 11.2 Å². The van der Waals surface area contributed by atoms with E-state index in [0.717, 1.165) is 12.2 Å². The minimum atomic E-state index is -0.736. The van der Waals surface area contributed by atoms with Gasteiger partial charge in [-0.15, -0.1) is 5.10 Å². The van der Waals surface area contributed by atoms with Gasteiger partial charge in [-0.25, -0.2) is 14.6 Å². The molecule has 1 N–H and O–H groups in total. The van der Waals surface area contributed by atoms with Crippen LogP contribution in [0.5, 0.6) is 0 Å². The highest BCUT2D eigenvalue weighted by molar-refractivity contribution is 7.99. The number of hydrogen-bond donors (Lipinski definition) is 1. The molecule has 1 saturated heterocycles. The molecule has 8 nitrogen and oxygen atoms in total. The van der Waals surface area contributed by atoms with E-state index < -0.39 is 11.9 Å². The summed E-state index contributed by atoms with van der Waals surface area (Å²) in [6, 6.07) is -0.221. The van der Waals surface area contributed by atoms with Gasteiger partial charge in [-0.05, 0) is 20.3 Å². The summed E-state index contributed by atoms with van der Waals surface area (Å²) in [5.41, 5.74) is 1.02. The van der Waals surface area contributed by atoms with Gasteiger partial charge in [-0.3, -0.25) is 0 Å². The normalized spacial score (nSPS) is 30.9. The average Bonchev–Trinajstić information content (AvgIpc) is 3.18. The Hall–Kier alpha value is -1.00. The maximum atomic E-state index is 10.4. The molecule has 4 atom stereocenters. The molecule has 0 amide bonds. The van der Waals surface area contributed by atoms with Crippen molar-refractivity contribution in [2.75, 3.05) is 5.75 Å². The fraction of sp³-hybridized carbons (Fsp3) is 0.733. The summed E-state index contributed by atoms with van der Waals surface area (Å²) in [4.78, 5) is 8.86. The molecule has 2 aromatic heterocycles. The zero-order valence-corrected chi connectivity index (χ0v) is 15.8. The van der Waals surface area contributed by atoms with E-state index in [1.54, 1.807) is 16.4 Å². The van der Waals surface area contributed by atoms with E-state index in [2.05, 4.69) is 27.2 Å². The molecule has 0 spiro atoms. The third-order valence-electron chi connectivity index (χ3n) is 4.42. The van der Waals surface area contributed by atoms with Crippen LogP contribution in [0.2, 0.25) is 5.15 Å². The van der Waals surface area contributed by atoms with Gasteiger partial charge in [0.2, 0.25) is 0 Å². The molecule has 1 aliphatic heterocycles. The van der Waals surface area contributed by atoms with Crippen molar-refractivity contribution in [3.63, 3.8) is 0 Å². The van der Waals surface area contributed by atoms with E-state index in [4.69, 9.17) is 21.1 Å². The van der Waals surface area contributed by atoms with Crippen LogP contribution in [0.4, 0.5) is 0 Å². The van der Waals surface area contributed by atoms with E-state index in [-0.39, 0.29) is 23.4 Å². The molecular weight excluding hydrogens is 366 g/mol. The SMILES string of the molecule is CCCSc1nc(Cl)c2nnn([C@@H]3C[C@H](O)[C@H]4OC(C)(C)OC34)c2n1. The zero-order chi connectivity index (χ0) is 17.8. The van der Waals surface area contributed by atoms with Gasteiger partial charge in [0, 0.05) is 12.2 Å². The lowest BCUT2D eigenvalue weighted by Gasteiger charge is -2.22. The molecule has 1 aliphatic carbocycles. The van der Waals surface area contributed by atoms with E-state index in [1.807, 2.05) is 13.8 Å². The number of halogens is 1. The molecule has 0 bridgehead atoms. The molecule has 4 rings (SSSR count). The smallest absolute Gasteiger partial charge is 0.191 e. The van der Waals surface area contributed by atoms with Crippen molar-refractivity contribution in [1.82, 2.24) is 25.0 Å². The first kappa shape index (κ1) is 17.4. The fourth-order valence-corrected chi connectivity index (χ4v) is 4.37. The third-order valence-corrected chi connectivity index (χ3v) is 5.73. The highest BCUT2D eigenvalue weighted by Gasteiger charge is 2.55. The maximum absolute atomic E-state index is 10.4. The first-order valence-electron chi connectivity index (χ1n) is 8.34. The molecule has 2 fully saturated rings. The van der Waals surface area contributed by atoms with Crippen LogP contribution >= 0.6 is 23.4 Å². The number of nitrogens with zero attached hydrogens (tertiary/aromatic N) is 5. The summed E-state index contributed by atoms with van der Waals surface area (Å²) in [7, 11) is 0. The number of ether oxygens (including phenoxy) is 2. The first-order chi connectivity index (χ1) is 11.9. The van der Waals surface area contributed by atoms with Crippen LogP contribution in [0.1, 0.15) is 39.7 Å². The molecular formula is C15H20ClN5O3S. The fourth-order valence-electron chi connectivity index (χ4n) is 3.43. The second kappa shape index (κ2) is 6.31. The monoisotopic (exact) mass is 385 g/mol. The molecule has 25 heavy (non-hydrogen) atoms. The van der Waals surface area contributed by atoms with E-state index in [0.29, 0.717) is 22.7 Å². The van der Waals surface area contributed by atoms with Crippen LogP contribution < -0.4 is 0 Å². The Morgan fingerprint density at radius 3 is 2.84 bits per heavy atom. The van der Waals surface area contributed by atoms with Crippen molar-refractivity contribution in [3.05, 3.63) is 5.15 Å². The Kier molecular flexibility index (Phi) is 4.40. The topological polar surface area (TPSA) is 95.2 Å². The van der Waals surface area contributed by atoms with Crippen LogP contribution in [0, 0.1) is 0 Å². The van der Waals surface area contributed by atoms with E-state index >= 15 is 0 Å². The van der Waals surface area contributed by atoms with Gasteiger partial charge >= 0.3 is 0 Å². The molecule has 0 radical (unpaired) electrons. The van der Waals surface area contributed by atoms with Crippen molar-refractivity contribution in [2.24, 2.45) is 0 Å². The van der Waals surface area contributed by atoms with Crippen molar-refractivity contribution in [3.8, 4) is 0 Å². The van der Waals surface area contributed by atoms with Gasteiger partial charge in [0.25, 0.3) is 0 Å². The predicted octanol–water partition coefficient (Wildman–Crippen LogP) is 2.20. The summed E-state index contributed by atoms with van der Waals surface area (Å²) in [6.07, 6.45) is 0.159. The van der Waals surface area contributed by atoms with Crippen LogP contribution in [-0.2, 0) is 9.47 Å². The number of fused-ring (bicyclic) bond motifs is 2. The maximum Gasteiger partial charge on any atom is 0.191 e. The van der Waals surface area contributed by atoms with Crippen molar-refractivity contribution in [2.45, 2.75) is 68.9 Å². The molecule has 2 aromatic rings. The van der Waals surface area contributed by atoms with Crippen LogP contribution in [-0.4, -0.2) is 59.9 Å². The quantitative estimate of drug-likeness (QED) is 0.486. The molecule has 1 saturated carbocycles. The minimum Gasteiger partial charge on any atom is -0.390 e. The number of thioether (sulfide) groups is 1. The standard InChI is InChI=1S/C15H20ClN5O3S/c1-4-5-25-14-17-12(16)9-13(18-14)21(20-19-9)7-6-8(22)11-10(7)23-15(2,3)24-11/h7-8,10-11,22H,4-6H2,1-3H3/t7-,8+,10?,11-/m1/s1. The second-order valence-corrected chi connectivity index (χ2v) is 8.21. The second-order valence-electron chi connectivity index (χ2n) is 6.79. The highest BCUT2D eigenvalue weighted by Crippen LogP contribution is 2.44. The first-order valence-corrected chi connectivity index (χ1v) is 9.71. The lowest BCUT2D eigenvalue weighted by molar-refractivity contribution is -0.165. The lowest BCUT2D eigenvalue weighted by atomic mass is 10.2. The van der Waals surface area contributed by atoms with Gasteiger partial charge in [0.05, 0.1) is 12.1 Å². The van der Waals surface area contributed by atoms with Gasteiger partial charge in [-0.1, -0.05) is 35.5 Å². The summed E-state index contributed by atoms with van der Waals surface area (Å²) in [5.74, 6) is 0.168. The van der Waals surface area contributed by atoms with Crippen molar-refractivity contribution in [1.29, 1.82) is 0 Å². The van der Waals surface area contributed by atoms with Gasteiger partial charge in [0.1, 0.15) is 12.2 Å². The molecule has 10 heteroatoms. The van der Waals surface area contributed by atoms with Crippen LogP contribution in [0.3, 0.4) is 0 Å². The Balaban J connectivity index is 1.73. The number of aromatic nitrogens is 5. The van der Waals surface area contributed by atoms with Crippen molar-refractivity contribution < 1.29 is 14.6 Å². The molecule has 1 unspecified atom stereocenters. The lowest BCUT2D eigenvalue weighted by Crippen LogP contribution is -2.29. The van der Waals surface area contributed by atoms with E-state index in [1.165, 1.54) is 0 Å². The summed E-state index contributed by atoms with van der Waals surface area (Å²) in [6.45, 7) is 5.78. The van der Waals surface area contributed by atoms with Gasteiger partial charge in [-0.2, -0.15) is 0 Å². The Bertz CT molecular complexity index is 801. The predicted molar refractivity (Wildman–Crippen MR) is 92.6 cm³/mol. The Morgan fingerprint density at radius 2 is 2.08 bits per heavy atom. The minimum absolute atomic E-state index is 0.221.